The van der Waals surface area contributed by atoms with Gasteiger partial charge in [-0.25, -0.2) is 13.2 Å². The maximum Gasteiger partial charge on any atom is 0.449 e. The molecular weight excluding hydrogens is 471 g/mol. The molecule has 1 aliphatic heterocycles. The minimum absolute atomic E-state index is 0.147. The number of hydrogen-bond acceptors (Lipinski definition) is 5. The first-order valence-electron chi connectivity index (χ1n) is 10.8. The van der Waals surface area contributed by atoms with Crippen molar-refractivity contribution in [3.05, 3.63) is 59.2 Å². The van der Waals surface area contributed by atoms with E-state index in [1.807, 2.05) is 0 Å². The van der Waals surface area contributed by atoms with E-state index in [4.69, 9.17) is 9.47 Å². The molecule has 0 bridgehead atoms. The van der Waals surface area contributed by atoms with E-state index >= 15 is 0 Å². The molecule has 1 atom stereocenters. The molecule has 2 aromatic carbocycles. The highest BCUT2D eigenvalue weighted by Gasteiger charge is 2.71. The summed E-state index contributed by atoms with van der Waals surface area (Å²) in [5.41, 5.74) is -4.41. The number of ether oxygens (including phenoxy) is 2. The largest absolute Gasteiger partial charge is 0.497 e. The molecule has 0 saturated carbocycles. The summed E-state index contributed by atoms with van der Waals surface area (Å²) in [6.07, 6.45) is -4.68. The summed E-state index contributed by atoms with van der Waals surface area (Å²) in [6.45, 7) is 6.65. The first-order chi connectivity index (χ1) is 15.7. The van der Waals surface area contributed by atoms with Gasteiger partial charge in [0.05, 0.1) is 17.6 Å². The Hall–Kier alpha value is -2.59. The van der Waals surface area contributed by atoms with Gasteiger partial charge in [-0.2, -0.15) is 13.2 Å². The molecule has 2 aromatic rings. The Morgan fingerprint density at radius 3 is 2.32 bits per heavy atom. The van der Waals surface area contributed by atoms with Crippen molar-refractivity contribution in [2.24, 2.45) is 0 Å². The average Bonchev–Trinajstić information content (AvgIpc) is 2.95. The van der Waals surface area contributed by atoms with E-state index in [1.165, 1.54) is 43.5 Å². The zero-order valence-electron chi connectivity index (χ0n) is 19.7. The number of nitrogens with zero attached hydrogens (tertiary/aromatic N) is 1. The second-order valence-corrected chi connectivity index (χ2v) is 11.0. The molecule has 186 valence electrons. The number of benzene rings is 2. The quantitative estimate of drug-likeness (QED) is 0.500. The normalized spacial score (nSPS) is 20.1. The Balaban J connectivity index is 2.30. The number of carbonyl (C=O) groups is 1. The van der Waals surface area contributed by atoms with Crippen molar-refractivity contribution in [3.63, 3.8) is 0 Å². The Morgan fingerprint density at radius 2 is 1.76 bits per heavy atom. The number of hydrogen-bond donors (Lipinski definition) is 0. The third kappa shape index (κ3) is 4.29. The fraction of sp³-hybridized carbons (Fsp3) is 0.458. The van der Waals surface area contributed by atoms with Gasteiger partial charge in [0.25, 0.3) is 0 Å². The van der Waals surface area contributed by atoms with Crippen molar-refractivity contribution in [2.45, 2.75) is 62.7 Å². The number of carbonyl (C=O) groups excluding carboxylic acids is 1. The predicted molar refractivity (Wildman–Crippen MR) is 120 cm³/mol. The summed E-state index contributed by atoms with van der Waals surface area (Å²) < 4.78 is 82.1. The lowest BCUT2D eigenvalue weighted by Crippen LogP contribution is -2.57. The minimum Gasteiger partial charge on any atom is -0.497 e. The zero-order valence-corrected chi connectivity index (χ0v) is 20.5. The molecule has 34 heavy (non-hydrogen) atoms. The van der Waals surface area contributed by atoms with Crippen LogP contribution < -0.4 is 4.74 Å². The molecule has 6 nitrogen and oxygen atoms in total. The molecule has 0 aromatic heterocycles. The zero-order chi connectivity index (χ0) is 25.5. The van der Waals surface area contributed by atoms with Crippen molar-refractivity contribution >= 4 is 16.0 Å². The smallest absolute Gasteiger partial charge is 0.449 e. The van der Waals surface area contributed by atoms with Crippen LogP contribution in [0.25, 0.3) is 0 Å². The first kappa shape index (κ1) is 26.0. The van der Waals surface area contributed by atoms with Crippen LogP contribution in [0.1, 0.15) is 62.0 Å². The van der Waals surface area contributed by atoms with E-state index in [9.17, 15) is 26.4 Å². The number of esters is 1. The Morgan fingerprint density at radius 1 is 1.09 bits per heavy atom. The summed E-state index contributed by atoms with van der Waals surface area (Å²) >= 11 is 0. The number of rotatable bonds is 6. The lowest BCUT2D eigenvalue weighted by molar-refractivity contribution is -0.302. The monoisotopic (exact) mass is 499 g/mol. The predicted octanol–water partition coefficient (Wildman–Crippen LogP) is 5.37. The van der Waals surface area contributed by atoms with Crippen molar-refractivity contribution in [1.82, 2.24) is 4.31 Å². The highest BCUT2D eigenvalue weighted by Crippen LogP contribution is 2.55. The van der Waals surface area contributed by atoms with Gasteiger partial charge in [0.2, 0.25) is 10.0 Å². The van der Waals surface area contributed by atoms with Crippen LogP contribution in [0.3, 0.4) is 0 Å². The molecule has 10 heteroatoms. The van der Waals surface area contributed by atoms with Gasteiger partial charge in [-0.1, -0.05) is 46.2 Å². The van der Waals surface area contributed by atoms with Gasteiger partial charge in [0, 0.05) is 12.1 Å². The summed E-state index contributed by atoms with van der Waals surface area (Å²) in [5.74, 6) is -1.07. The maximum absolute atomic E-state index is 15.0. The van der Waals surface area contributed by atoms with Gasteiger partial charge in [0.15, 0.2) is 0 Å². The van der Waals surface area contributed by atoms with E-state index in [1.54, 1.807) is 27.7 Å². The molecular formula is C24H28F3NO5S. The molecule has 0 unspecified atom stereocenters. The Bertz CT molecular complexity index is 1190. The second kappa shape index (κ2) is 8.88. The van der Waals surface area contributed by atoms with Gasteiger partial charge >= 0.3 is 17.9 Å². The lowest BCUT2D eigenvalue weighted by atomic mass is 9.84. The minimum atomic E-state index is -5.26. The molecule has 0 saturated heterocycles. The number of unbranched alkanes of at least 4 members (excludes halogenated alkanes) is 1. The number of halogens is 3. The Labute approximate surface area is 197 Å². The molecule has 0 radical (unpaired) electrons. The first-order valence-corrected chi connectivity index (χ1v) is 12.3. The Kier molecular flexibility index (Phi) is 6.80. The van der Waals surface area contributed by atoms with E-state index < -0.39 is 50.3 Å². The van der Waals surface area contributed by atoms with Crippen LogP contribution in [0.4, 0.5) is 13.2 Å². The second-order valence-electron chi connectivity index (χ2n) is 9.15. The van der Waals surface area contributed by atoms with Crippen LogP contribution in [-0.4, -0.2) is 38.5 Å². The van der Waals surface area contributed by atoms with Crippen LogP contribution in [0, 0.1) is 0 Å². The number of alkyl halides is 3. The van der Waals surface area contributed by atoms with E-state index in [-0.39, 0.29) is 22.0 Å². The topological polar surface area (TPSA) is 72.9 Å². The van der Waals surface area contributed by atoms with Crippen LogP contribution in [0.2, 0.25) is 0 Å². The molecule has 0 N–H and O–H groups in total. The van der Waals surface area contributed by atoms with E-state index in [2.05, 4.69) is 0 Å². The standard InChI is InChI=1S/C24H28F3NO5S/c1-6-7-13-28-23(24(25,26)27,33-21(29)16-9-8-10-18(14-16)32-5)19-15-17(22(2,3)4)11-12-20(19)34(28,30)31/h8-12,14-15H,6-7,13H2,1-5H3/t23-/m1/s1. The maximum atomic E-state index is 15.0. The third-order valence-corrected chi connectivity index (χ3v) is 7.71. The highest BCUT2D eigenvalue weighted by molar-refractivity contribution is 7.89. The number of methoxy groups -OCH3 is 1. The summed E-state index contributed by atoms with van der Waals surface area (Å²) in [4.78, 5) is 12.5. The summed E-state index contributed by atoms with van der Waals surface area (Å²) in [5, 5.41) is 0. The van der Waals surface area contributed by atoms with Gasteiger partial charge in [-0.15, -0.1) is 4.31 Å². The SMILES string of the molecule is CCCCN1[C@](OC(=O)c2cccc(OC)c2)(C(F)(F)F)c2cc(C(C)(C)C)ccc2S1(=O)=O. The number of fused-ring (bicyclic) bond motifs is 1. The average molecular weight is 500 g/mol. The van der Waals surface area contributed by atoms with Gasteiger partial charge in [0.1, 0.15) is 5.75 Å². The van der Waals surface area contributed by atoms with Crippen molar-refractivity contribution in [2.75, 3.05) is 13.7 Å². The fourth-order valence-electron chi connectivity index (χ4n) is 3.89. The molecule has 3 rings (SSSR count). The van der Waals surface area contributed by atoms with Crippen LogP contribution >= 0.6 is 0 Å². The van der Waals surface area contributed by atoms with Crippen molar-refractivity contribution in [1.29, 1.82) is 0 Å². The van der Waals surface area contributed by atoms with Gasteiger partial charge < -0.3 is 9.47 Å². The lowest BCUT2D eigenvalue weighted by Gasteiger charge is -2.38. The van der Waals surface area contributed by atoms with E-state index in [0.29, 0.717) is 12.0 Å². The van der Waals surface area contributed by atoms with Crippen LogP contribution in [0.5, 0.6) is 5.75 Å². The van der Waals surface area contributed by atoms with Crippen molar-refractivity contribution < 1.29 is 35.9 Å². The van der Waals surface area contributed by atoms with Gasteiger partial charge in [-0.3, -0.25) is 0 Å². The molecule has 0 fully saturated rings. The molecule has 0 amide bonds. The van der Waals surface area contributed by atoms with Crippen LogP contribution in [-0.2, 0) is 25.9 Å². The fourth-order valence-corrected chi connectivity index (χ4v) is 5.79. The molecule has 0 aliphatic carbocycles. The molecule has 1 aliphatic rings. The molecule has 0 spiro atoms. The molecule has 1 heterocycles. The van der Waals surface area contributed by atoms with Gasteiger partial charge in [-0.05, 0) is 47.7 Å². The number of sulfonamides is 1. The summed E-state index contributed by atoms with van der Waals surface area (Å²) in [7, 11) is -3.25. The van der Waals surface area contributed by atoms with Crippen LogP contribution in [0.15, 0.2) is 47.4 Å². The summed E-state index contributed by atoms with van der Waals surface area (Å²) in [6, 6.07) is 9.31. The van der Waals surface area contributed by atoms with E-state index in [0.717, 1.165) is 6.07 Å². The third-order valence-electron chi connectivity index (χ3n) is 5.77. The highest BCUT2D eigenvalue weighted by atomic mass is 32.2. The van der Waals surface area contributed by atoms with Crippen molar-refractivity contribution in [3.8, 4) is 5.75 Å².